The van der Waals surface area contributed by atoms with Crippen LogP contribution in [0.25, 0.3) is 5.69 Å². The summed E-state index contributed by atoms with van der Waals surface area (Å²) in [7, 11) is 1.65. The average Bonchev–Trinajstić information content (AvgIpc) is 3.07. The number of nitrogens with zero attached hydrogens (tertiary/aromatic N) is 4. The second-order valence-corrected chi connectivity index (χ2v) is 5.73. The molecule has 1 aromatic heterocycles. The minimum atomic E-state index is -0.450. The third-order valence-electron chi connectivity index (χ3n) is 3.58. The number of methoxy groups -OCH3 is 1. The predicted molar refractivity (Wildman–Crippen MR) is 88.8 cm³/mol. The van der Waals surface area contributed by atoms with Gasteiger partial charge in [-0.25, -0.2) is 0 Å². The van der Waals surface area contributed by atoms with Crippen LogP contribution >= 0.6 is 0 Å². The maximum absolute atomic E-state index is 5.18. The van der Waals surface area contributed by atoms with Gasteiger partial charge < -0.3 is 10.1 Å². The number of hydrogen-bond donors (Lipinski definition) is 1. The number of nitrogens with one attached hydrogen (secondary N) is 1. The van der Waals surface area contributed by atoms with E-state index in [-0.39, 0.29) is 0 Å². The smallest absolute Gasteiger partial charge is 0.181 e. The van der Waals surface area contributed by atoms with Gasteiger partial charge in [0.2, 0.25) is 0 Å². The van der Waals surface area contributed by atoms with Crippen LogP contribution in [-0.2, 0) is 5.54 Å². The van der Waals surface area contributed by atoms with E-state index in [1.807, 2.05) is 68.4 Å². The zero-order valence-corrected chi connectivity index (χ0v) is 13.4. The molecule has 0 aliphatic carbocycles. The maximum atomic E-state index is 5.18. The quantitative estimate of drug-likeness (QED) is 0.785. The Labute approximate surface area is 135 Å². The molecule has 0 saturated carbocycles. The highest BCUT2D eigenvalue weighted by atomic mass is 16.5. The lowest BCUT2D eigenvalue weighted by molar-refractivity contribution is 0.415. The van der Waals surface area contributed by atoms with Crippen molar-refractivity contribution in [2.24, 2.45) is 0 Å². The van der Waals surface area contributed by atoms with Crippen molar-refractivity contribution >= 4 is 5.69 Å². The molecule has 0 radical (unpaired) electrons. The Morgan fingerprint density at radius 3 is 2.35 bits per heavy atom. The van der Waals surface area contributed by atoms with Crippen molar-refractivity contribution < 1.29 is 4.74 Å². The molecule has 0 aliphatic rings. The van der Waals surface area contributed by atoms with E-state index in [1.165, 1.54) is 0 Å². The van der Waals surface area contributed by atoms with Crippen molar-refractivity contribution in [2.75, 3.05) is 12.4 Å². The van der Waals surface area contributed by atoms with Gasteiger partial charge in [0.05, 0.1) is 18.3 Å². The van der Waals surface area contributed by atoms with Crippen LogP contribution in [0.1, 0.15) is 19.7 Å². The number of rotatable bonds is 5. The fourth-order valence-corrected chi connectivity index (χ4v) is 2.41. The van der Waals surface area contributed by atoms with Crippen molar-refractivity contribution in [3.63, 3.8) is 0 Å². The van der Waals surface area contributed by atoms with Crippen molar-refractivity contribution in [2.45, 2.75) is 19.4 Å². The van der Waals surface area contributed by atoms with Gasteiger partial charge in [-0.1, -0.05) is 18.2 Å². The fourth-order valence-electron chi connectivity index (χ4n) is 2.41. The average molecular weight is 309 g/mol. The summed E-state index contributed by atoms with van der Waals surface area (Å²) in [5.41, 5.74) is 1.45. The van der Waals surface area contributed by atoms with E-state index in [0.717, 1.165) is 22.9 Å². The van der Waals surface area contributed by atoms with Gasteiger partial charge in [0.25, 0.3) is 0 Å². The van der Waals surface area contributed by atoms with Crippen molar-refractivity contribution in [1.29, 1.82) is 0 Å². The Bertz CT molecular complexity index is 765. The Morgan fingerprint density at radius 1 is 1.00 bits per heavy atom. The van der Waals surface area contributed by atoms with Crippen LogP contribution in [0.5, 0.6) is 5.75 Å². The Hall–Kier alpha value is -2.89. The maximum Gasteiger partial charge on any atom is 0.181 e. The molecule has 118 valence electrons. The molecule has 1 heterocycles. The van der Waals surface area contributed by atoms with Crippen LogP contribution in [0.3, 0.4) is 0 Å². The lowest BCUT2D eigenvalue weighted by Crippen LogP contribution is -2.31. The first-order valence-corrected chi connectivity index (χ1v) is 7.37. The molecule has 1 N–H and O–H groups in total. The van der Waals surface area contributed by atoms with Crippen LogP contribution in [0.15, 0.2) is 54.6 Å². The first-order chi connectivity index (χ1) is 11.1. The van der Waals surface area contributed by atoms with Gasteiger partial charge in [-0.05, 0) is 60.7 Å². The lowest BCUT2D eigenvalue weighted by atomic mass is 10.0. The largest absolute Gasteiger partial charge is 0.497 e. The minimum Gasteiger partial charge on any atom is -0.497 e. The third kappa shape index (κ3) is 3.15. The molecule has 2 aromatic carbocycles. The number of benzene rings is 2. The topological polar surface area (TPSA) is 64.9 Å². The van der Waals surface area contributed by atoms with Crippen molar-refractivity contribution in [3.8, 4) is 11.4 Å². The van der Waals surface area contributed by atoms with Gasteiger partial charge in [-0.15, -0.1) is 5.10 Å². The first kappa shape index (κ1) is 15.0. The highest BCUT2D eigenvalue weighted by Gasteiger charge is 2.28. The summed E-state index contributed by atoms with van der Waals surface area (Å²) < 4.78 is 6.93. The van der Waals surface area contributed by atoms with Gasteiger partial charge >= 0.3 is 0 Å². The predicted octanol–water partition coefficient (Wildman–Crippen LogP) is 3.02. The molecule has 0 saturated heterocycles. The summed E-state index contributed by atoms with van der Waals surface area (Å²) in [6, 6.07) is 17.6. The fraction of sp³-hybridized carbons (Fsp3) is 0.235. The number of hydrogen-bond acceptors (Lipinski definition) is 5. The molecule has 0 aliphatic heterocycles. The lowest BCUT2D eigenvalue weighted by Gasteiger charge is -2.26. The van der Waals surface area contributed by atoms with Crippen LogP contribution in [0.4, 0.5) is 5.69 Å². The summed E-state index contributed by atoms with van der Waals surface area (Å²) in [6.07, 6.45) is 0. The van der Waals surface area contributed by atoms with Crippen LogP contribution in [-0.4, -0.2) is 27.3 Å². The summed E-state index contributed by atoms with van der Waals surface area (Å²) in [5.74, 6) is 1.56. The van der Waals surface area contributed by atoms with Gasteiger partial charge in [0, 0.05) is 5.69 Å². The van der Waals surface area contributed by atoms with Crippen LogP contribution in [0.2, 0.25) is 0 Å². The molecule has 6 heteroatoms. The zero-order chi connectivity index (χ0) is 16.3. The number of ether oxygens (including phenoxy) is 1. The SMILES string of the molecule is COc1ccc(NC(C)(C)c2nnnn2-c2ccccc2)cc1. The molecule has 0 fully saturated rings. The Balaban J connectivity index is 1.89. The van der Waals surface area contributed by atoms with Crippen LogP contribution < -0.4 is 10.1 Å². The monoisotopic (exact) mass is 309 g/mol. The van der Waals surface area contributed by atoms with E-state index >= 15 is 0 Å². The van der Waals surface area contributed by atoms with E-state index in [1.54, 1.807) is 11.8 Å². The standard InChI is InChI=1S/C17H19N5O/c1-17(2,18-13-9-11-15(23-3)12-10-13)16-19-20-21-22(16)14-7-5-4-6-8-14/h4-12,18H,1-3H3. The molecular formula is C17H19N5O. The molecule has 0 amide bonds. The number of aromatic nitrogens is 4. The molecule has 0 atom stereocenters. The first-order valence-electron chi connectivity index (χ1n) is 7.37. The van der Waals surface area contributed by atoms with Gasteiger partial charge in [-0.3, -0.25) is 0 Å². The second-order valence-electron chi connectivity index (χ2n) is 5.73. The molecular weight excluding hydrogens is 290 g/mol. The molecule has 0 bridgehead atoms. The Morgan fingerprint density at radius 2 is 1.70 bits per heavy atom. The number of tetrazole rings is 1. The summed E-state index contributed by atoms with van der Waals surface area (Å²) in [4.78, 5) is 0. The Kier molecular flexibility index (Phi) is 3.97. The van der Waals surface area contributed by atoms with E-state index in [9.17, 15) is 0 Å². The van der Waals surface area contributed by atoms with Gasteiger partial charge in [-0.2, -0.15) is 4.68 Å². The van der Waals surface area contributed by atoms with Crippen LogP contribution in [0, 0.1) is 0 Å². The second kappa shape index (κ2) is 6.08. The summed E-state index contributed by atoms with van der Waals surface area (Å²) in [6.45, 7) is 4.09. The van der Waals surface area contributed by atoms with Gasteiger partial charge in [0.1, 0.15) is 5.75 Å². The highest BCUT2D eigenvalue weighted by molar-refractivity contribution is 5.49. The molecule has 0 unspecified atom stereocenters. The zero-order valence-electron chi connectivity index (χ0n) is 13.4. The molecule has 6 nitrogen and oxygen atoms in total. The van der Waals surface area contributed by atoms with Crippen molar-refractivity contribution in [1.82, 2.24) is 20.2 Å². The van der Waals surface area contributed by atoms with E-state index < -0.39 is 5.54 Å². The van der Waals surface area contributed by atoms with E-state index in [2.05, 4.69) is 20.8 Å². The van der Waals surface area contributed by atoms with E-state index in [0.29, 0.717) is 0 Å². The number of anilines is 1. The molecule has 23 heavy (non-hydrogen) atoms. The normalized spacial score (nSPS) is 11.3. The van der Waals surface area contributed by atoms with Crippen molar-refractivity contribution in [3.05, 3.63) is 60.4 Å². The molecule has 0 spiro atoms. The summed E-state index contributed by atoms with van der Waals surface area (Å²) >= 11 is 0. The summed E-state index contributed by atoms with van der Waals surface area (Å²) in [5, 5.41) is 15.6. The van der Waals surface area contributed by atoms with E-state index in [4.69, 9.17) is 4.74 Å². The third-order valence-corrected chi connectivity index (χ3v) is 3.58. The minimum absolute atomic E-state index is 0.450. The number of para-hydroxylation sites is 1. The molecule has 3 aromatic rings. The molecule has 3 rings (SSSR count). The highest BCUT2D eigenvalue weighted by Crippen LogP contribution is 2.26. The van der Waals surface area contributed by atoms with Gasteiger partial charge in [0.15, 0.2) is 5.82 Å².